The monoisotopic (exact) mass is 464 g/mol. The van der Waals surface area contributed by atoms with Gasteiger partial charge in [0.2, 0.25) is 0 Å². The van der Waals surface area contributed by atoms with E-state index in [9.17, 15) is 34.6 Å². The van der Waals surface area contributed by atoms with Gasteiger partial charge in [0.15, 0.2) is 0 Å². The maximum Gasteiger partial charge on any atom is 0.274 e. The number of hydrogen-bond donors (Lipinski definition) is 0. The molecular formula is C23H20N4O7. The van der Waals surface area contributed by atoms with Crippen LogP contribution in [0.15, 0.2) is 48.5 Å². The molecule has 11 heteroatoms. The van der Waals surface area contributed by atoms with Crippen LogP contribution in [0.2, 0.25) is 0 Å². The van der Waals surface area contributed by atoms with E-state index in [4.69, 9.17) is 0 Å². The summed E-state index contributed by atoms with van der Waals surface area (Å²) in [5, 5.41) is 24.3. The highest BCUT2D eigenvalue weighted by molar-refractivity contribution is 6.08. The van der Waals surface area contributed by atoms with E-state index in [1.165, 1.54) is 30.3 Å². The molecule has 1 saturated heterocycles. The van der Waals surface area contributed by atoms with Crippen molar-refractivity contribution in [2.45, 2.75) is 25.8 Å². The molecule has 3 aliphatic rings. The fraction of sp³-hybridized carbons (Fsp3) is 0.348. The molecule has 1 heterocycles. The van der Waals surface area contributed by atoms with E-state index in [1.54, 1.807) is 6.07 Å². The molecule has 3 amide bonds. The molecule has 5 rings (SSSR count). The summed E-state index contributed by atoms with van der Waals surface area (Å²) in [5.41, 5.74) is -0.294. The van der Waals surface area contributed by atoms with Crippen LogP contribution in [-0.2, 0) is 16.1 Å². The summed E-state index contributed by atoms with van der Waals surface area (Å²) in [5.74, 6) is -2.44. The molecule has 2 aromatic carbocycles. The molecule has 3 fully saturated rings. The summed E-state index contributed by atoms with van der Waals surface area (Å²) in [6.07, 6.45) is 2.54. The minimum absolute atomic E-state index is 0.0183. The van der Waals surface area contributed by atoms with Gasteiger partial charge in [0.25, 0.3) is 29.1 Å². The van der Waals surface area contributed by atoms with Gasteiger partial charge < -0.3 is 0 Å². The summed E-state index contributed by atoms with van der Waals surface area (Å²) < 4.78 is 0. The predicted molar refractivity (Wildman–Crippen MR) is 116 cm³/mol. The topological polar surface area (TPSA) is 144 Å². The standard InChI is InChI=1S/C23H20N4O7/c28-21(13-7-9-17(10-8-13)26(31)32)24(12-16-3-1-2-4-18(16)27(33)34)25-22(29)19-14-5-6-15(11-14)20(19)23(25)30/h1-4,7-10,14-15,19-20H,5-6,11-12H2/t14-,15-,19-,20+/m0/s1. The Bertz CT molecular complexity index is 1200. The third-order valence-electron chi connectivity index (χ3n) is 7.21. The highest BCUT2D eigenvalue weighted by Crippen LogP contribution is 2.56. The van der Waals surface area contributed by atoms with Gasteiger partial charge >= 0.3 is 0 Å². The lowest BCUT2D eigenvalue weighted by Crippen LogP contribution is -2.50. The first-order valence-electron chi connectivity index (χ1n) is 10.9. The molecule has 0 unspecified atom stereocenters. The Morgan fingerprint density at radius 3 is 2.06 bits per heavy atom. The van der Waals surface area contributed by atoms with Crippen molar-refractivity contribution in [2.75, 3.05) is 0 Å². The van der Waals surface area contributed by atoms with Crippen LogP contribution in [-0.4, -0.2) is 37.6 Å². The fourth-order valence-electron chi connectivity index (χ4n) is 5.72. The van der Waals surface area contributed by atoms with E-state index in [-0.39, 0.29) is 40.9 Å². The van der Waals surface area contributed by atoms with E-state index in [0.717, 1.165) is 41.4 Å². The van der Waals surface area contributed by atoms with Gasteiger partial charge in [0.1, 0.15) is 0 Å². The van der Waals surface area contributed by atoms with Crippen molar-refractivity contribution in [3.63, 3.8) is 0 Å². The van der Waals surface area contributed by atoms with Crippen LogP contribution in [0.5, 0.6) is 0 Å². The van der Waals surface area contributed by atoms with Crippen molar-refractivity contribution in [1.82, 2.24) is 10.0 Å². The number of carbonyl (C=O) groups excluding carboxylic acids is 3. The molecule has 2 aromatic rings. The maximum absolute atomic E-state index is 13.5. The normalized spacial score (nSPS) is 24.9. The summed E-state index contributed by atoms with van der Waals surface area (Å²) in [6.45, 7) is -0.376. The average Bonchev–Trinajstić information content (AvgIpc) is 3.51. The Labute approximate surface area is 193 Å². The molecule has 0 radical (unpaired) electrons. The van der Waals surface area contributed by atoms with Crippen molar-refractivity contribution >= 4 is 29.1 Å². The Morgan fingerprint density at radius 1 is 0.912 bits per heavy atom. The number of amides is 3. The summed E-state index contributed by atoms with van der Waals surface area (Å²) in [6, 6.07) is 10.6. The van der Waals surface area contributed by atoms with Crippen molar-refractivity contribution in [3.8, 4) is 0 Å². The Morgan fingerprint density at radius 2 is 1.50 bits per heavy atom. The number of carbonyl (C=O) groups is 3. The van der Waals surface area contributed by atoms with E-state index in [0.29, 0.717) is 0 Å². The lowest BCUT2D eigenvalue weighted by atomic mass is 9.81. The first kappa shape index (κ1) is 21.7. The fourth-order valence-corrected chi connectivity index (χ4v) is 5.72. The van der Waals surface area contributed by atoms with E-state index in [1.807, 2.05) is 0 Å². The predicted octanol–water partition coefficient (Wildman–Crippen LogP) is 3.09. The van der Waals surface area contributed by atoms with Gasteiger partial charge in [-0.3, -0.25) is 34.6 Å². The molecule has 34 heavy (non-hydrogen) atoms. The molecule has 0 spiro atoms. The van der Waals surface area contributed by atoms with Crippen molar-refractivity contribution < 1.29 is 24.2 Å². The molecule has 0 aromatic heterocycles. The van der Waals surface area contributed by atoms with Crippen molar-refractivity contribution in [3.05, 3.63) is 79.9 Å². The molecule has 2 saturated carbocycles. The zero-order valence-electron chi connectivity index (χ0n) is 17.9. The number of non-ortho nitro benzene ring substituents is 1. The van der Waals surface area contributed by atoms with E-state index in [2.05, 4.69) is 0 Å². The molecule has 174 valence electrons. The van der Waals surface area contributed by atoms with E-state index < -0.39 is 39.4 Å². The number of hydrazine groups is 1. The highest BCUT2D eigenvalue weighted by Gasteiger charge is 2.62. The lowest BCUT2D eigenvalue weighted by Gasteiger charge is -2.31. The van der Waals surface area contributed by atoms with E-state index >= 15 is 0 Å². The molecule has 11 nitrogen and oxygen atoms in total. The van der Waals surface area contributed by atoms with Crippen molar-refractivity contribution in [2.24, 2.45) is 23.7 Å². The van der Waals surface area contributed by atoms with Gasteiger partial charge in [-0.15, -0.1) is 0 Å². The molecule has 4 atom stereocenters. The second-order valence-corrected chi connectivity index (χ2v) is 8.93. The molecular weight excluding hydrogens is 444 g/mol. The number of rotatable bonds is 6. The van der Waals surface area contributed by atoms with Gasteiger partial charge in [-0.25, -0.2) is 5.01 Å². The number of imide groups is 1. The first-order valence-corrected chi connectivity index (χ1v) is 10.9. The largest absolute Gasteiger partial charge is 0.274 e. The second-order valence-electron chi connectivity index (χ2n) is 8.93. The smallest absolute Gasteiger partial charge is 0.272 e. The highest BCUT2D eigenvalue weighted by atomic mass is 16.6. The van der Waals surface area contributed by atoms with Gasteiger partial charge in [-0.1, -0.05) is 18.2 Å². The van der Waals surface area contributed by atoms with Crippen LogP contribution in [0.4, 0.5) is 11.4 Å². The van der Waals surface area contributed by atoms with Crippen LogP contribution in [0.1, 0.15) is 35.2 Å². The van der Waals surface area contributed by atoms with Crippen molar-refractivity contribution in [1.29, 1.82) is 0 Å². The Kier molecular flexibility index (Phi) is 5.11. The zero-order valence-corrected chi connectivity index (χ0v) is 17.9. The Balaban J connectivity index is 1.54. The van der Waals surface area contributed by atoms with Crippen LogP contribution in [0, 0.1) is 43.9 Å². The molecule has 0 N–H and O–H groups in total. The summed E-state index contributed by atoms with van der Waals surface area (Å²) in [4.78, 5) is 61.7. The zero-order chi connectivity index (χ0) is 24.1. The number of fused-ring (bicyclic) bond motifs is 5. The van der Waals surface area contributed by atoms with Crippen LogP contribution in [0.25, 0.3) is 0 Å². The number of para-hydroxylation sites is 1. The minimum Gasteiger partial charge on any atom is -0.272 e. The number of nitrogens with zero attached hydrogens (tertiary/aromatic N) is 4. The number of benzene rings is 2. The quantitative estimate of drug-likeness (QED) is 0.363. The minimum atomic E-state index is -0.748. The van der Waals surface area contributed by atoms with Gasteiger partial charge in [-0.2, -0.15) is 5.01 Å². The second kappa shape index (κ2) is 8.01. The molecule has 2 aliphatic carbocycles. The SMILES string of the molecule is O=C(c1ccc([N+](=O)[O-])cc1)N(Cc1ccccc1[N+](=O)[O-])N1C(=O)[C@@H]2[C@H]3CC[C@@H](C3)[C@@H]2C1=O. The van der Waals surface area contributed by atoms with Crippen LogP contribution in [0.3, 0.4) is 0 Å². The average molecular weight is 464 g/mol. The number of nitro groups is 2. The van der Waals surface area contributed by atoms with Crippen LogP contribution >= 0.6 is 0 Å². The molecule has 2 bridgehead atoms. The lowest BCUT2D eigenvalue weighted by molar-refractivity contribution is -0.385. The van der Waals surface area contributed by atoms with Crippen LogP contribution < -0.4 is 0 Å². The van der Waals surface area contributed by atoms with Gasteiger partial charge in [0, 0.05) is 23.8 Å². The van der Waals surface area contributed by atoms with Gasteiger partial charge in [0.05, 0.1) is 33.8 Å². The first-order chi connectivity index (χ1) is 16.3. The van der Waals surface area contributed by atoms with Gasteiger partial charge in [-0.05, 0) is 43.2 Å². The maximum atomic E-state index is 13.5. The summed E-state index contributed by atoms with van der Waals surface area (Å²) >= 11 is 0. The third-order valence-corrected chi connectivity index (χ3v) is 7.21. The number of nitro benzene ring substituents is 2. The molecule has 1 aliphatic heterocycles. The third kappa shape index (κ3) is 3.31. The Hall–Kier alpha value is -4.15. The number of hydrogen-bond acceptors (Lipinski definition) is 7. The summed E-state index contributed by atoms with van der Waals surface area (Å²) in [7, 11) is 0.